The van der Waals surface area contributed by atoms with Crippen molar-refractivity contribution >= 4 is 13.5 Å². The molecular formula is C6H15N2O4P. The van der Waals surface area contributed by atoms with Gasteiger partial charge in [0.1, 0.15) is 6.04 Å². The molecule has 0 radical (unpaired) electrons. The van der Waals surface area contributed by atoms with E-state index < -0.39 is 19.5 Å². The minimum absolute atomic E-state index is 0.0692. The Morgan fingerprint density at radius 1 is 1.54 bits per heavy atom. The van der Waals surface area contributed by atoms with Gasteiger partial charge in [0.25, 0.3) is 7.52 Å². The highest BCUT2D eigenvalue weighted by molar-refractivity contribution is 7.56. The Balaban J connectivity index is 3.89. The molecule has 0 rings (SSSR count). The fraction of sp³-hybridized carbons (Fsp3) is 0.833. The first-order chi connectivity index (χ1) is 5.93. The lowest BCUT2D eigenvalue weighted by molar-refractivity contribution is -0.142. The third-order valence-electron chi connectivity index (χ3n) is 1.56. The molecule has 0 aliphatic heterocycles. The summed E-state index contributed by atoms with van der Waals surface area (Å²) in [5.41, 5.74) is 10.6. The van der Waals surface area contributed by atoms with Crippen LogP contribution in [-0.4, -0.2) is 32.4 Å². The van der Waals surface area contributed by atoms with Gasteiger partial charge >= 0.3 is 5.97 Å². The van der Waals surface area contributed by atoms with Crippen LogP contribution in [0.2, 0.25) is 0 Å². The largest absolute Gasteiger partial charge is 0.468 e. The monoisotopic (exact) mass is 210 g/mol. The lowest BCUT2D eigenvalue weighted by Gasteiger charge is -2.12. The van der Waals surface area contributed by atoms with E-state index in [4.69, 9.17) is 11.2 Å². The molecule has 2 unspecified atom stereocenters. The van der Waals surface area contributed by atoms with Crippen LogP contribution in [0.1, 0.15) is 6.42 Å². The maximum atomic E-state index is 11.1. The molecule has 13 heavy (non-hydrogen) atoms. The van der Waals surface area contributed by atoms with E-state index in [0.717, 1.165) is 0 Å². The lowest BCUT2D eigenvalue weighted by atomic mass is 10.2. The number of esters is 1. The number of rotatable bonds is 5. The van der Waals surface area contributed by atoms with Crippen molar-refractivity contribution < 1.29 is 18.6 Å². The van der Waals surface area contributed by atoms with Crippen LogP contribution in [-0.2, 0) is 18.6 Å². The molecule has 0 aromatic carbocycles. The van der Waals surface area contributed by atoms with Gasteiger partial charge in [-0.3, -0.25) is 14.9 Å². The Hall–Kier alpha value is -0.420. The van der Waals surface area contributed by atoms with Gasteiger partial charge in [0.15, 0.2) is 0 Å². The SMILES string of the molecule is COC(=O)C(N)CCP(N)(=O)OC. The molecule has 4 N–H and O–H groups in total. The quantitative estimate of drug-likeness (QED) is 0.475. The normalized spacial score (nSPS) is 17.5. The molecule has 0 heterocycles. The number of hydrogen-bond donors (Lipinski definition) is 2. The topological polar surface area (TPSA) is 105 Å². The molecular weight excluding hydrogens is 195 g/mol. The summed E-state index contributed by atoms with van der Waals surface area (Å²) in [5.74, 6) is -0.545. The van der Waals surface area contributed by atoms with Crippen molar-refractivity contribution in [1.82, 2.24) is 0 Å². The lowest BCUT2D eigenvalue weighted by Crippen LogP contribution is -2.32. The Morgan fingerprint density at radius 2 is 2.08 bits per heavy atom. The van der Waals surface area contributed by atoms with Crippen LogP contribution in [0, 0.1) is 0 Å². The molecule has 0 saturated carbocycles. The molecule has 0 aliphatic rings. The van der Waals surface area contributed by atoms with E-state index in [-0.39, 0.29) is 12.6 Å². The van der Waals surface area contributed by atoms with Crippen LogP contribution < -0.4 is 11.2 Å². The molecule has 0 bridgehead atoms. The number of carbonyl (C=O) groups is 1. The smallest absolute Gasteiger partial charge is 0.322 e. The second-order valence-corrected chi connectivity index (χ2v) is 4.82. The summed E-state index contributed by atoms with van der Waals surface area (Å²) in [7, 11) is -0.574. The van der Waals surface area contributed by atoms with Gasteiger partial charge in [-0.1, -0.05) is 0 Å². The molecule has 0 fully saturated rings. The van der Waals surface area contributed by atoms with E-state index in [0.29, 0.717) is 0 Å². The van der Waals surface area contributed by atoms with Gasteiger partial charge in [0, 0.05) is 13.3 Å². The second-order valence-electron chi connectivity index (χ2n) is 2.55. The standard InChI is InChI=1S/C6H15N2O4P/c1-11-6(9)5(7)3-4-13(8,10)12-2/h5H,3-4,7H2,1-2H3,(H2,8,10). The maximum Gasteiger partial charge on any atom is 0.322 e. The first-order valence-electron chi connectivity index (χ1n) is 3.69. The molecule has 6 nitrogen and oxygen atoms in total. The van der Waals surface area contributed by atoms with E-state index in [9.17, 15) is 9.36 Å². The first kappa shape index (κ1) is 12.6. The molecule has 0 aliphatic carbocycles. The van der Waals surface area contributed by atoms with Crippen LogP contribution >= 0.6 is 7.52 Å². The number of nitrogens with two attached hydrogens (primary N) is 2. The van der Waals surface area contributed by atoms with Crippen LogP contribution in [0.4, 0.5) is 0 Å². The van der Waals surface area contributed by atoms with Crippen molar-refractivity contribution in [2.45, 2.75) is 12.5 Å². The number of methoxy groups -OCH3 is 1. The predicted octanol–water partition coefficient (Wildman–Crippen LogP) is -0.325. The Kier molecular flexibility index (Phi) is 5.17. The van der Waals surface area contributed by atoms with Gasteiger partial charge in [-0.05, 0) is 6.42 Å². The van der Waals surface area contributed by atoms with Crippen molar-refractivity contribution in [2.75, 3.05) is 20.4 Å². The summed E-state index contributed by atoms with van der Waals surface area (Å²) in [6.07, 6.45) is 0.258. The second kappa shape index (κ2) is 5.34. The zero-order valence-corrected chi connectivity index (χ0v) is 8.62. The zero-order valence-electron chi connectivity index (χ0n) is 7.73. The van der Waals surface area contributed by atoms with Crippen LogP contribution in [0.5, 0.6) is 0 Å². The number of ether oxygens (including phenoxy) is 1. The minimum atomic E-state index is -3.07. The van der Waals surface area contributed by atoms with Crippen LogP contribution in [0.15, 0.2) is 0 Å². The zero-order chi connectivity index (χ0) is 10.5. The Morgan fingerprint density at radius 3 is 2.46 bits per heavy atom. The molecule has 0 saturated heterocycles. The maximum absolute atomic E-state index is 11.1. The third-order valence-corrected chi connectivity index (χ3v) is 3.06. The van der Waals surface area contributed by atoms with Gasteiger partial charge in [-0.2, -0.15) is 0 Å². The summed E-state index contributed by atoms with van der Waals surface area (Å²) in [6.45, 7) is 0. The molecule has 0 aromatic rings. The predicted molar refractivity (Wildman–Crippen MR) is 48.3 cm³/mol. The fourth-order valence-electron chi connectivity index (χ4n) is 0.680. The van der Waals surface area contributed by atoms with E-state index in [2.05, 4.69) is 9.26 Å². The van der Waals surface area contributed by atoms with Gasteiger partial charge in [0.2, 0.25) is 0 Å². The van der Waals surface area contributed by atoms with Crippen molar-refractivity contribution in [3.8, 4) is 0 Å². The van der Waals surface area contributed by atoms with Gasteiger partial charge in [-0.25, -0.2) is 0 Å². The number of hydrogen-bond acceptors (Lipinski definition) is 5. The molecule has 0 aromatic heterocycles. The van der Waals surface area contributed by atoms with Crippen molar-refractivity contribution in [3.63, 3.8) is 0 Å². The molecule has 0 amide bonds. The van der Waals surface area contributed by atoms with Crippen molar-refractivity contribution in [1.29, 1.82) is 0 Å². The van der Waals surface area contributed by atoms with Crippen molar-refractivity contribution in [2.24, 2.45) is 11.2 Å². The highest BCUT2D eigenvalue weighted by Gasteiger charge is 2.20. The van der Waals surface area contributed by atoms with Crippen LogP contribution in [0.3, 0.4) is 0 Å². The molecule has 2 atom stereocenters. The Labute approximate surface area is 77.1 Å². The van der Waals surface area contributed by atoms with E-state index in [1.807, 2.05) is 0 Å². The van der Waals surface area contributed by atoms with Gasteiger partial charge in [-0.15, -0.1) is 0 Å². The van der Waals surface area contributed by atoms with E-state index in [1.54, 1.807) is 0 Å². The summed E-state index contributed by atoms with van der Waals surface area (Å²) in [5, 5.41) is 0. The first-order valence-corrected chi connectivity index (χ1v) is 5.57. The molecule has 0 spiro atoms. The summed E-state index contributed by atoms with van der Waals surface area (Å²) < 4.78 is 20.0. The number of carbonyl (C=O) groups excluding carboxylic acids is 1. The van der Waals surface area contributed by atoms with Gasteiger partial charge < -0.3 is 15.0 Å². The van der Waals surface area contributed by atoms with E-state index in [1.165, 1.54) is 14.2 Å². The highest BCUT2D eigenvalue weighted by atomic mass is 31.2. The van der Waals surface area contributed by atoms with Crippen molar-refractivity contribution in [3.05, 3.63) is 0 Å². The molecule has 7 heteroatoms. The van der Waals surface area contributed by atoms with E-state index >= 15 is 0 Å². The average Bonchev–Trinajstić information content (AvgIpc) is 2.13. The highest BCUT2D eigenvalue weighted by Crippen LogP contribution is 2.36. The summed E-state index contributed by atoms with van der Waals surface area (Å²) in [6, 6.07) is -0.794. The molecule has 78 valence electrons. The summed E-state index contributed by atoms with van der Waals surface area (Å²) in [4.78, 5) is 10.8. The van der Waals surface area contributed by atoms with Gasteiger partial charge in [0.05, 0.1) is 7.11 Å². The Bertz CT molecular complexity index is 221. The van der Waals surface area contributed by atoms with Crippen LogP contribution in [0.25, 0.3) is 0 Å². The average molecular weight is 210 g/mol. The summed E-state index contributed by atoms with van der Waals surface area (Å²) >= 11 is 0. The minimum Gasteiger partial charge on any atom is -0.468 e. The third kappa shape index (κ3) is 5.00. The fourth-order valence-corrected chi connectivity index (χ4v) is 1.50.